The summed E-state index contributed by atoms with van der Waals surface area (Å²) in [5, 5.41) is 8.03. The molecule has 0 aromatic carbocycles. The summed E-state index contributed by atoms with van der Waals surface area (Å²) in [6, 6.07) is 0. The first-order chi connectivity index (χ1) is 5.02. The van der Waals surface area contributed by atoms with Crippen LogP contribution in [0.3, 0.4) is 0 Å². The molecule has 3 N–H and O–H groups in total. The van der Waals surface area contributed by atoms with E-state index in [0.717, 1.165) is 13.1 Å². The van der Waals surface area contributed by atoms with Crippen LogP contribution in [-0.2, 0) is 10.2 Å². The molecule has 2 aliphatic heterocycles. The Morgan fingerprint density at radius 3 is 2.18 bits per heavy atom. The maximum Gasteiger partial charge on any atom is 0.276 e. The molecule has 1 spiro atoms. The van der Waals surface area contributed by atoms with Crippen molar-refractivity contribution in [3.8, 4) is 0 Å². The molecule has 0 aliphatic carbocycles. The zero-order valence-corrected chi connectivity index (χ0v) is 6.89. The largest absolute Gasteiger partial charge is 0.315 e. The lowest BCUT2D eigenvalue weighted by Gasteiger charge is -2.54. The van der Waals surface area contributed by atoms with Gasteiger partial charge in [0.25, 0.3) is 10.2 Å². The van der Waals surface area contributed by atoms with Crippen molar-refractivity contribution >= 4 is 10.2 Å². The molecule has 0 bridgehead atoms. The van der Waals surface area contributed by atoms with Gasteiger partial charge in [0.05, 0.1) is 0 Å². The second-order valence-corrected chi connectivity index (χ2v) is 4.96. The van der Waals surface area contributed by atoms with Gasteiger partial charge < -0.3 is 5.32 Å². The van der Waals surface area contributed by atoms with Crippen molar-refractivity contribution in [3.05, 3.63) is 0 Å². The molecular formula is C5H11N3O2S. The van der Waals surface area contributed by atoms with Crippen molar-refractivity contribution < 1.29 is 8.42 Å². The summed E-state index contributed by atoms with van der Waals surface area (Å²) in [7, 11) is -3.41. The third-order valence-corrected chi connectivity index (χ3v) is 3.36. The van der Waals surface area contributed by atoms with Gasteiger partial charge in [0.15, 0.2) is 0 Å². The zero-order chi connectivity index (χ0) is 8.11. The van der Waals surface area contributed by atoms with Gasteiger partial charge in [-0.3, -0.25) is 0 Å². The van der Waals surface area contributed by atoms with E-state index >= 15 is 0 Å². The van der Waals surface area contributed by atoms with Crippen molar-refractivity contribution in [2.45, 2.75) is 0 Å². The Hall–Kier alpha value is -0.170. The minimum Gasteiger partial charge on any atom is -0.315 e. The average Bonchev–Trinajstić information content (AvgIpc) is 1.49. The Morgan fingerprint density at radius 2 is 1.91 bits per heavy atom. The first-order valence-electron chi connectivity index (χ1n) is 3.51. The Morgan fingerprint density at radius 1 is 1.36 bits per heavy atom. The lowest BCUT2D eigenvalue weighted by molar-refractivity contribution is 0.0164. The average molecular weight is 177 g/mol. The molecule has 0 radical (unpaired) electrons. The standard InChI is InChI=1S/C5H11N3O2S/c6-11(9,10)8-3-5(4-8)1-7-2-5/h7H,1-4H2,(H2,6,9,10). The fourth-order valence-electron chi connectivity index (χ4n) is 1.58. The molecule has 0 atom stereocenters. The summed E-state index contributed by atoms with van der Waals surface area (Å²) >= 11 is 0. The fourth-order valence-corrected chi connectivity index (χ4v) is 2.49. The van der Waals surface area contributed by atoms with E-state index in [9.17, 15) is 8.42 Å². The summed E-state index contributed by atoms with van der Waals surface area (Å²) in [5.41, 5.74) is 0.229. The third kappa shape index (κ3) is 1.06. The zero-order valence-electron chi connectivity index (χ0n) is 6.08. The number of nitrogens with two attached hydrogens (primary N) is 1. The molecule has 2 saturated heterocycles. The molecular weight excluding hydrogens is 166 g/mol. The molecule has 2 heterocycles. The number of nitrogens with zero attached hydrogens (tertiary/aromatic N) is 1. The first kappa shape index (κ1) is 7.48. The highest BCUT2D eigenvalue weighted by molar-refractivity contribution is 7.86. The van der Waals surface area contributed by atoms with Crippen LogP contribution in [0.4, 0.5) is 0 Å². The second-order valence-electron chi connectivity index (χ2n) is 3.42. The van der Waals surface area contributed by atoms with Gasteiger partial charge in [0.1, 0.15) is 0 Å². The van der Waals surface area contributed by atoms with Crippen LogP contribution in [0.1, 0.15) is 0 Å². The predicted molar refractivity (Wildman–Crippen MR) is 40.0 cm³/mol. The fraction of sp³-hybridized carbons (Fsp3) is 1.00. The molecule has 64 valence electrons. The van der Waals surface area contributed by atoms with Crippen LogP contribution >= 0.6 is 0 Å². The molecule has 6 heteroatoms. The van der Waals surface area contributed by atoms with E-state index in [-0.39, 0.29) is 5.41 Å². The molecule has 2 aliphatic rings. The summed E-state index contributed by atoms with van der Waals surface area (Å²) in [6.07, 6.45) is 0. The van der Waals surface area contributed by atoms with Crippen molar-refractivity contribution in [1.82, 2.24) is 9.62 Å². The second kappa shape index (κ2) is 1.95. The number of hydrogen-bond acceptors (Lipinski definition) is 3. The molecule has 0 amide bonds. The summed E-state index contributed by atoms with van der Waals surface area (Å²) in [6.45, 7) is 3.05. The maximum absolute atomic E-state index is 10.7. The number of nitrogens with one attached hydrogen (secondary N) is 1. The van der Waals surface area contributed by atoms with Gasteiger partial charge in [0.2, 0.25) is 0 Å². The van der Waals surface area contributed by atoms with Crippen LogP contribution in [-0.4, -0.2) is 38.9 Å². The van der Waals surface area contributed by atoms with E-state index < -0.39 is 10.2 Å². The highest BCUT2D eigenvalue weighted by Crippen LogP contribution is 2.34. The van der Waals surface area contributed by atoms with Crippen molar-refractivity contribution in [3.63, 3.8) is 0 Å². The lowest BCUT2D eigenvalue weighted by Crippen LogP contribution is -2.72. The van der Waals surface area contributed by atoms with E-state index in [2.05, 4.69) is 5.32 Å². The lowest BCUT2D eigenvalue weighted by atomic mass is 9.76. The number of hydrogen-bond donors (Lipinski definition) is 2. The van der Waals surface area contributed by atoms with Crippen molar-refractivity contribution in [2.24, 2.45) is 10.6 Å². The van der Waals surface area contributed by atoms with Crippen LogP contribution in [0.25, 0.3) is 0 Å². The van der Waals surface area contributed by atoms with Gasteiger partial charge in [-0.25, -0.2) is 5.14 Å². The van der Waals surface area contributed by atoms with Crippen molar-refractivity contribution in [1.29, 1.82) is 0 Å². The minimum absolute atomic E-state index is 0.229. The van der Waals surface area contributed by atoms with E-state index in [1.165, 1.54) is 4.31 Å². The molecule has 5 nitrogen and oxygen atoms in total. The summed E-state index contributed by atoms with van der Waals surface area (Å²) in [4.78, 5) is 0. The molecule has 2 rings (SSSR count). The maximum atomic E-state index is 10.7. The van der Waals surface area contributed by atoms with E-state index in [1.807, 2.05) is 0 Å². The van der Waals surface area contributed by atoms with Crippen molar-refractivity contribution in [2.75, 3.05) is 26.2 Å². The minimum atomic E-state index is -3.41. The quantitative estimate of drug-likeness (QED) is 0.491. The van der Waals surface area contributed by atoms with Gasteiger partial charge in [-0.05, 0) is 0 Å². The van der Waals surface area contributed by atoms with Gasteiger partial charge in [-0.2, -0.15) is 12.7 Å². The van der Waals surface area contributed by atoms with Gasteiger partial charge in [-0.15, -0.1) is 0 Å². The van der Waals surface area contributed by atoms with Gasteiger partial charge in [-0.1, -0.05) is 0 Å². The molecule has 0 saturated carbocycles. The number of rotatable bonds is 1. The Kier molecular flexibility index (Phi) is 1.32. The Labute approximate surface area is 65.7 Å². The van der Waals surface area contributed by atoms with Crippen LogP contribution < -0.4 is 10.5 Å². The summed E-state index contributed by atoms with van der Waals surface area (Å²) in [5.74, 6) is 0. The van der Waals surface area contributed by atoms with E-state index in [0.29, 0.717) is 13.1 Å². The Bertz CT molecular complexity index is 261. The SMILES string of the molecule is NS(=O)(=O)N1CC2(CNC2)C1. The Balaban J connectivity index is 1.98. The highest BCUT2D eigenvalue weighted by atomic mass is 32.2. The van der Waals surface area contributed by atoms with E-state index in [1.54, 1.807) is 0 Å². The molecule has 0 aromatic heterocycles. The van der Waals surface area contributed by atoms with Crippen LogP contribution in [0.5, 0.6) is 0 Å². The monoisotopic (exact) mass is 177 g/mol. The first-order valence-corrected chi connectivity index (χ1v) is 5.01. The molecule has 11 heavy (non-hydrogen) atoms. The van der Waals surface area contributed by atoms with Crippen LogP contribution in [0, 0.1) is 5.41 Å². The molecule has 0 unspecified atom stereocenters. The third-order valence-electron chi connectivity index (χ3n) is 2.38. The molecule has 0 aromatic rings. The highest BCUT2D eigenvalue weighted by Gasteiger charge is 2.50. The van der Waals surface area contributed by atoms with E-state index in [4.69, 9.17) is 5.14 Å². The van der Waals surface area contributed by atoms with Crippen LogP contribution in [0.15, 0.2) is 0 Å². The van der Waals surface area contributed by atoms with Gasteiger partial charge in [0, 0.05) is 31.6 Å². The van der Waals surface area contributed by atoms with Crippen LogP contribution in [0.2, 0.25) is 0 Å². The topological polar surface area (TPSA) is 75.4 Å². The molecule has 2 fully saturated rings. The smallest absolute Gasteiger partial charge is 0.276 e. The summed E-state index contributed by atoms with van der Waals surface area (Å²) < 4.78 is 22.8. The normalized spacial score (nSPS) is 29.5. The van der Waals surface area contributed by atoms with Gasteiger partial charge >= 0.3 is 0 Å². The predicted octanol–water partition coefficient (Wildman–Crippen LogP) is -1.90.